The Labute approximate surface area is 116 Å². The summed E-state index contributed by atoms with van der Waals surface area (Å²) in [4.78, 5) is 21.9. The van der Waals surface area contributed by atoms with Gasteiger partial charge in [0, 0.05) is 17.8 Å². The van der Waals surface area contributed by atoms with Crippen LogP contribution >= 0.6 is 0 Å². The standard InChI is InChI=1S/C12H11F3N2O4/c13-12(14,15)6-16(7-1-2-7)8-3-4-10(17(20)21)9(5-8)11(18)19/h3-5,7H,1-2,6H2,(H,18,19). The van der Waals surface area contributed by atoms with Crippen LogP contribution in [0.4, 0.5) is 24.5 Å². The summed E-state index contributed by atoms with van der Waals surface area (Å²) in [5, 5.41) is 19.7. The van der Waals surface area contributed by atoms with Crippen LogP contribution in [0.3, 0.4) is 0 Å². The van der Waals surface area contributed by atoms with Crippen LogP contribution in [0.25, 0.3) is 0 Å². The molecule has 0 spiro atoms. The SMILES string of the molecule is O=C(O)c1cc(N(CC(F)(F)F)C2CC2)ccc1[N+](=O)[O-]. The van der Waals surface area contributed by atoms with Gasteiger partial charge in [-0.15, -0.1) is 0 Å². The summed E-state index contributed by atoms with van der Waals surface area (Å²) in [6, 6.07) is 2.68. The van der Waals surface area contributed by atoms with Crippen molar-refractivity contribution in [1.82, 2.24) is 0 Å². The molecule has 1 aromatic rings. The van der Waals surface area contributed by atoms with Gasteiger partial charge < -0.3 is 10.0 Å². The first-order valence-electron chi connectivity index (χ1n) is 6.04. The average molecular weight is 304 g/mol. The number of carboxylic acids is 1. The van der Waals surface area contributed by atoms with Gasteiger partial charge in [-0.3, -0.25) is 10.1 Å². The number of aromatic carboxylic acids is 1. The largest absolute Gasteiger partial charge is 0.477 e. The highest BCUT2D eigenvalue weighted by molar-refractivity contribution is 5.93. The molecule has 1 fully saturated rings. The van der Waals surface area contributed by atoms with Crippen molar-refractivity contribution in [2.75, 3.05) is 11.4 Å². The van der Waals surface area contributed by atoms with E-state index in [1.54, 1.807) is 0 Å². The van der Waals surface area contributed by atoms with E-state index in [2.05, 4.69) is 0 Å². The molecule has 0 aliphatic heterocycles. The van der Waals surface area contributed by atoms with E-state index < -0.39 is 34.9 Å². The van der Waals surface area contributed by atoms with E-state index in [1.807, 2.05) is 0 Å². The van der Waals surface area contributed by atoms with Gasteiger partial charge in [0.05, 0.1) is 4.92 Å². The molecule has 0 aromatic heterocycles. The Morgan fingerprint density at radius 1 is 1.43 bits per heavy atom. The first-order chi connectivity index (χ1) is 9.69. The Balaban J connectivity index is 2.40. The van der Waals surface area contributed by atoms with Gasteiger partial charge in [0.1, 0.15) is 12.1 Å². The molecule has 1 N–H and O–H groups in total. The summed E-state index contributed by atoms with van der Waals surface area (Å²) in [5.74, 6) is -1.55. The number of carbonyl (C=O) groups is 1. The molecule has 0 amide bonds. The Morgan fingerprint density at radius 3 is 2.48 bits per heavy atom. The van der Waals surface area contributed by atoms with Gasteiger partial charge in [0.15, 0.2) is 0 Å². The van der Waals surface area contributed by atoms with Crippen molar-refractivity contribution in [2.24, 2.45) is 0 Å². The van der Waals surface area contributed by atoms with Crippen molar-refractivity contribution in [2.45, 2.75) is 25.1 Å². The van der Waals surface area contributed by atoms with E-state index in [0.717, 1.165) is 23.1 Å². The fraction of sp³-hybridized carbons (Fsp3) is 0.417. The number of hydrogen-bond donors (Lipinski definition) is 1. The van der Waals surface area contributed by atoms with Gasteiger partial charge in [-0.25, -0.2) is 4.79 Å². The highest BCUT2D eigenvalue weighted by Gasteiger charge is 2.38. The maximum absolute atomic E-state index is 12.6. The maximum atomic E-state index is 12.6. The molecule has 114 valence electrons. The third-order valence-corrected chi connectivity index (χ3v) is 3.08. The van der Waals surface area contributed by atoms with Crippen LogP contribution in [0.2, 0.25) is 0 Å². The molecule has 1 aliphatic carbocycles. The highest BCUT2D eigenvalue weighted by atomic mass is 19.4. The molecule has 21 heavy (non-hydrogen) atoms. The van der Waals surface area contributed by atoms with E-state index in [1.165, 1.54) is 0 Å². The number of nitrogens with zero attached hydrogens (tertiary/aromatic N) is 2. The summed E-state index contributed by atoms with van der Waals surface area (Å²) in [5.41, 5.74) is -1.24. The molecule has 9 heteroatoms. The molecular weight excluding hydrogens is 293 g/mol. The highest BCUT2D eigenvalue weighted by Crippen LogP contribution is 2.36. The minimum absolute atomic E-state index is 0.0258. The molecule has 0 unspecified atom stereocenters. The number of anilines is 1. The normalized spacial score (nSPS) is 14.8. The van der Waals surface area contributed by atoms with Gasteiger partial charge in [-0.2, -0.15) is 13.2 Å². The van der Waals surface area contributed by atoms with Crippen molar-refractivity contribution < 1.29 is 28.0 Å². The minimum Gasteiger partial charge on any atom is -0.477 e. The van der Waals surface area contributed by atoms with Crippen molar-refractivity contribution in [3.63, 3.8) is 0 Å². The van der Waals surface area contributed by atoms with Gasteiger partial charge in [-0.1, -0.05) is 0 Å². The average Bonchev–Trinajstić information content (AvgIpc) is 3.18. The van der Waals surface area contributed by atoms with E-state index >= 15 is 0 Å². The smallest absolute Gasteiger partial charge is 0.405 e. The zero-order chi connectivity index (χ0) is 15.8. The lowest BCUT2D eigenvalue weighted by Crippen LogP contribution is -2.36. The fourth-order valence-corrected chi connectivity index (χ4v) is 2.04. The van der Waals surface area contributed by atoms with Crippen molar-refractivity contribution in [3.8, 4) is 0 Å². The fourth-order valence-electron chi connectivity index (χ4n) is 2.04. The first-order valence-corrected chi connectivity index (χ1v) is 6.04. The summed E-state index contributed by atoms with van der Waals surface area (Å²) in [6.45, 7) is -1.21. The molecule has 0 heterocycles. The van der Waals surface area contributed by atoms with Gasteiger partial charge in [0.2, 0.25) is 0 Å². The van der Waals surface area contributed by atoms with Gasteiger partial charge in [-0.05, 0) is 25.0 Å². The monoisotopic (exact) mass is 304 g/mol. The van der Waals surface area contributed by atoms with Crippen LogP contribution in [0.1, 0.15) is 23.2 Å². The molecule has 1 aromatic carbocycles. The third-order valence-electron chi connectivity index (χ3n) is 3.08. The predicted molar refractivity (Wildman–Crippen MR) is 66.5 cm³/mol. The summed E-state index contributed by atoms with van der Waals surface area (Å²) in [7, 11) is 0. The Kier molecular flexibility index (Phi) is 3.75. The molecule has 2 rings (SSSR count). The third kappa shape index (κ3) is 3.61. The maximum Gasteiger partial charge on any atom is 0.405 e. The molecule has 1 aliphatic rings. The number of halogens is 3. The molecule has 1 saturated carbocycles. The van der Waals surface area contributed by atoms with Gasteiger partial charge in [0.25, 0.3) is 5.69 Å². The number of nitro groups is 1. The lowest BCUT2D eigenvalue weighted by atomic mass is 10.1. The van der Waals surface area contributed by atoms with Crippen LogP contribution < -0.4 is 4.90 Å². The quantitative estimate of drug-likeness (QED) is 0.668. The molecular formula is C12H11F3N2O4. The van der Waals surface area contributed by atoms with Crippen molar-refractivity contribution in [1.29, 1.82) is 0 Å². The van der Waals surface area contributed by atoms with Crippen LogP contribution in [0, 0.1) is 10.1 Å². The predicted octanol–water partition coefficient (Wildman–Crippen LogP) is 2.82. The lowest BCUT2D eigenvalue weighted by Gasteiger charge is -2.26. The Morgan fingerprint density at radius 2 is 2.05 bits per heavy atom. The van der Waals surface area contributed by atoms with Crippen LogP contribution in [-0.2, 0) is 0 Å². The molecule has 0 bridgehead atoms. The summed E-state index contributed by atoms with van der Waals surface area (Å²) in [6.07, 6.45) is -3.28. The van der Waals surface area contributed by atoms with E-state index in [9.17, 15) is 28.1 Å². The van der Waals surface area contributed by atoms with E-state index in [-0.39, 0.29) is 11.7 Å². The molecule has 0 saturated heterocycles. The topological polar surface area (TPSA) is 83.7 Å². The second-order valence-electron chi connectivity index (χ2n) is 4.74. The number of hydrogen-bond acceptors (Lipinski definition) is 4. The summed E-state index contributed by atoms with van der Waals surface area (Å²) >= 11 is 0. The zero-order valence-corrected chi connectivity index (χ0v) is 10.6. The first kappa shape index (κ1) is 15.1. The lowest BCUT2D eigenvalue weighted by molar-refractivity contribution is -0.385. The second kappa shape index (κ2) is 5.23. The minimum atomic E-state index is -4.44. The van der Waals surface area contributed by atoms with E-state index in [4.69, 9.17) is 5.11 Å². The van der Waals surface area contributed by atoms with Crippen LogP contribution in [-0.4, -0.2) is 34.8 Å². The van der Waals surface area contributed by atoms with Gasteiger partial charge >= 0.3 is 12.1 Å². The summed E-state index contributed by atoms with van der Waals surface area (Å²) < 4.78 is 37.7. The zero-order valence-electron chi connectivity index (χ0n) is 10.6. The van der Waals surface area contributed by atoms with E-state index in [0.29, 0.717) is 12.8 Å². The molecule has 6 nitrogen and oxygen atoms in total. The van der Waals surface area contributed by atoms with Crippen molar-refractivity contribution >= 4 is 17.3 Å². The number of rotatable bonds is 5. The number of nitro benzene ring substituents is 1. The van der Waals surface area contributed by atoms with Crippen LogP contribution in [0.15, 0.2) is 18.2 Å². The number of alkyl halides is 3. The Hall–Kier alpha value is -2.32. The van der Waals surface area contributed by atoms with Crippen LogP contribution in [0.5, 0.6) is 0 Å². The number of carboxylic acid groups (broad SMARTS) is 1. The molecule has 0 atom stereocenters. The number of benzene rings is 1. The van der Waals surface area contributed by atoms with Crippen molar-refractivity contribution in [3.05, 3.63) is 33.9 Å². The Bertz CT molecular complexity index is 584. The molecule has 0 radical (unpaired) electrons. The second-order valence-corrected chi connectivity index (χ2v) is 4.74.